The smallest absolute Gasteiger partial charge is 0.0462 e. The SMILES string of the molecule is CN1CC(N2CCCCC2)C=C2c3cccc4[nH]cc(c34)CC21. The van der Waals surface area contributed by atoms with Gasteiger partial charge in [-0.2, -0.15) is 0 Å². The van der Waals surface area contributed by atoms with E-state index in [9.17, 15) is 0 Å². The monoisotopic (exact) mass is 307 g/mol. The Hall–Kier alpha value is -1.58. The molecule has 120 valence electrons. The number of hydrogen-bond donors (Lipinski definition) is 1. The van der Waals surface area contributed by atoms with Crippen LogP contribution in [0.15, 0.2) is 30.5 Å². The van der Waals surface area contributed by atoms with Gasteiger partial charge in [0.25, 0.3) is 0 Å². The van der Waals surface area contributed by atoms with Crippen LogP contribution in [0.1, 0.15) is 30.4 Å². The highest BCUT2D eigenvalue weighted by molar-refractivity contribution is 5.98. The average molecular weight is 307 g/mol. The second kappa shape index (κ2) is 5.22. The zero-order valence-corrected chi connectivity index (χ0v) is 13.9. The second-order valence-electron chi connectivity index (χ2n) is 7.49. The van der Waals surface area contributed by atoms with Gasteiger partial charge in [-0.1, -0.05) is 24.6 Å². The van der Waals surface area contributed by atoms with E-state index in [0.717, 1.165) is 6.42 Å². The van der Waals surface area contributed by atoms with E-state index in [4.69, 9.17) is 0 Å². The summed E-state index contributed by atoms with van der Waals surface area (Å²) in [6.07, 6.45) is 10.1. The summed E-state index contributed by atoms with van der Waals surface area (Å²) in [6, 6.07) is 7.86. The Balaban J connectivity index is 1.61. The lowest BCUT2D eigenvalue weighted by Crippen LogP contribution is -2.51. The van der Waals surface area contributed by atoms with Gasteiger partial charge < -0.3 is 4.98 Å². The first kappa shape index (κ1) is 13.8. The third kappa shape index (κ3) is 2.10. The van der Waals surface area contributed by atoms with Crippen LogP contribution in [-0.4, -0.2) is 53.5 Å². The van der Waals surface area contributed by atoms with Gasteiger partial charge in [-0.3, -0.25) is 9.80 Å². The van der Waals surface area contributed by atoms with Crippen LogP contribution >= 0.6 is 0 Å². The van der Waals surface area contributed by atoms with Gasteiger partial charge in [0.1, 0.15) is 0 Å². The van der Waals surface area contributed by atoms with Crippen molar-refractivity contribution in [3.05, 3.63) is 41.6 Å². The maximum atomic E-state index is 3.46. The summed E-state index contributed by atoms with van der Waals surface area (Å²) in [6.45, 7) is 3.71. The molecule has 3 heterocycles. The van der Waals surface area contributed by atoms with Crippen molar-refractivity contribution in [1.29, 1.82) is 0 Å². The van der Waals surface area contributed by atoms with Gasteiger partial charge in [-0.25, -0.2) is 0 Å². The fourth-order valence-corrected chi connectivity index (χ4v) is 4.90. The molecule has 2 aromatic rings. The summed E-state index contributed by atoms with van der Waals surface area (Å²) in [7, 11) is 2.31. The van der Waals surface area contributed by atoms with Crippen LogP contribution in [0.5, 0.6) is 0 Å². The van der Waals surface area contributed by atoms with Crippen LogP contribution in [0.25, 0.3) is 16.5 Å². The molecule has 2 unspecified atom stereocenters. The first-order valence-corrected chi connectivity index (χ1v) is 9.06. The fourth-order valence-electron chi connectivity index (χ4n) is 4.90. The molecule has 1 aliphatic carbocycles. The van der Waals surface area contributed by atoms with Gasteiger partial charge >= 0.3 is 0 Å². The summed E-state index contributed by atoms with van der Waals surface area (Å²) < 4.78 is 0. The Labute approximate surface area is 138 Å². The van der Waals surface area contributed by atoms with Crippen molar-refractivity contribution in [2.45, 2.75) is 37.8 Å². The van der Waals surface area contributed by atoms with Crippen LogP contribution in [0.4, 0.5) is 0 Å². The highest BCUT2D eigenvalue weighted by Gasteiger charge is 2.35. The van der Waals surface area contributed by atoms with E-state index >= 15 is 0 Å². The molecule has 2 atom stereocenters. The van der Waals surface area contributed by atoms with Crippen molar-refractivity contribution in [2.24, 2.45) is 0 Å². The van der Waals surface area contributed by atoms with Gasteiger partial charge in [0.2, 0.25) is 0 Å². The molecule has 3 aliphatic rings. The highest BCUT2D eigenvalue weighted by Crippen LogP contribution is 2.40. The molecule has 0 radical (unpaired) electrons. The molecule has 1 fully saturated rings. The molecule has 1 aromatic carbocycles. The third-order valence-corrected chi connectivity index (χ3v) is 6.11. The normalized spacial score (nSPS) is 28.7. The molecular formula is C20H25N3. The molecule has 0 saturated carbocycles. The fraction of sp³-hybridized carbons (Fsp3) is 0.500. The number of piperidine rings is 1. The molecule has 0 spiro atoms. The Bertz CT molecular complexity index is 766. The topological polar surface area (TPSA) is 22.3 Å². The number of likely N-dealkylation sites (tertiary alicyclic amines) is 1. The molecule has 3 heteroatoms. The first-order valence-electron chi connectivity index (χ1n) is 9.06. The minimum Gasteiger partial charge on any atom is -0.361 e. The van der Waals surface area contributed by atoms with E-state index in [2.05, 4.69) is 52.3 Å². The highest BCUT2D eigenvalue weighted by atomic mass is 15.2. The van der Waals surface area contributed by atoms with E-state index in [1.807, 2.05) is 0 Å². The number of nitrogens with zero attached hydrogens (tertiary/aromatic N) is 2. The third-order valence-electron chi connectivity index (χ3n) is 6.11. The number of H-pyrrole nitrogens is 1. The standard InChI is InChI=1S/C20H25N3/c1-22-13-15(23-8-3-2-4-9-23)11-17-16-6-5-7-18-20(16)14(12-21-18)10-19(17)22/h5-7,11-12,15,19,21H,2-4,8-10,13H2,1H3. The quantitative estimate of drug-likeness (QED) is 0.873. The maximum Gasteiger partial charge on any atom is 0.0462 e. The molecule has 5 rings (SSSR count). The van der Waals surface area contributed by atoms with E-state index in [1.165, 1.54) is 60.9 Å². The maximum absolute atomic E-state index is 3.46. The Morgan fingerprint density at radius 2 is 2.00 bits per heavy atom. The average Bonchev–Trinajstić information content (AvgIpc) is 3.01. The van der Waals surface area contributed by atoms with Crippen molar-refractivity contribution in [3.63, 3.8) is 0 Å². The van der Waals surface area contributed by atoms with Gasteiger partial charge in [0.05, 0.1) is 0 Å². The number of fused-ring (bicyclic) bond motifs is 2. The molecule has 3 nitrogen and oxygen atoms in total. The molecular weight excluding hydrogens is 282 g/mol. The predicted molar refractivity (Wildman–Crippen MR) is 95.6 cm³/mol. The van der Waals surface area contributed by atoms with Crippen LogP contribution in [0, 0.1) is 0 Å². The summed E-state index contributed by atoms with van der Waals surface area (Å²) in [4.78, 5) is 8.75. The minimum absolute atomic E-state index is 0.546. The number of rotatable bonds is 1. The van der Waals surface area contributed by atoms with Gasteiger partial charge in [-0.05, 0) is 62.2 Å². The van der Waals surface area contributed by atoms with Crippen LogP contribution in [0.2, 0.25) is 0 Å². The number of hydrogen-bond acceptors (Lipinski definition) is 2. The van der Waals surface area contributed by atoms with Gasteiger partial charge in [0.15, 0.2) is 0 Å². The van der Waals surface area contributed by atoms with Crippen LogP contribution in [-0.2, 0) is 6.42 Å². The largest absolute Gasteiger partial charge is 0.361 e. The second-order valence-corrected chi connectivity index (χ2v) is 7.49. The van der Waals surface area contributed by atoms with Crippen molar-refractivity contribution in [3.8, 4) is 0 Å². The molecule has 23 heavy (non-hydrogen) atoms. The van der Waals surface area contributed by atoms with Gasteiger partial charge in [-0.15, -0.1) is 0 Å². The zero-order chi connectivity index (χ0) is 15.4. The molecule has 0 bridgehead atoms. The van der Waals surface area contributed by atoms with Crippen molar-refractivity contribution in [2.75, 3.05) is 26.7 Å². The molecule has 1 aromatic heterocycles. The number of aromatic amines is 1. The Morgan fingerprint density at radius 1 is 1.13 bits per heavy atom. The lowest BCUT2D eigenvalue weighted by Gasteiger charge is -2.44. The summed E-state index contributed by atoms with van der Waals surface area (Å²) in [5.74, 6) is 0. The minimum atomic E-state index is 0.546. The van der Waals surface area contributed by atoms with E-state index < -0.39 is 0 Å². The Kier molecular flexibility index (Phi) is 3.14. The van der Waals surface area contributed by atoms with Gasteiger partial charge in [0, 0.05) is 35.7 Å². The predicted octanol–water partition coefficient (Wildman–Crippen LogP) is 3.28. The van der Waals surface area contributed by atoms with Crippen molar-refractivity contribution < 1.29 is 0 Å². The first-order chi connectivity index (χ1) is 11.3. The summed E-state index contributed by atoms with van der Waals surface area (Å²) in [5, 5.41) is 1.46. The number of benzene rings is 1. The molecule has 1 N–H and O–H groups in total. The number of nitrogens with one attached hydrogen (secondary N) is 1. The van der Waals surface area contributed by atoms with E-state index in [0.29, 0.717) is 12.1 Å². The number of likely N-dealkylation sites (N-methyl/N-ethyl adjacent to an activating group) is 1. The number of aromatic nitrogens is 1. The van der Waals surface area contributed by atoms with Crippen molar-refractivity contribution >= 4 is 16.5 Å². The lowest BCUT2D eigenvalue weighted by molar-refractivity contribution is 0.137. The molecule has 1 saturated heterocycles. The Morgan fingerprint density at radius 3 is 2.87 bits per heavy atom. The van der Waals surface area contributed by atoms with Crippen LogP contribution < -0.4 is 0 Å². The zero-order valence-electron chi connectivity index (χ0n) is 13.9. The summed E-state index contributed by atoms with van der Waals surface area (Å²) >= 11 is 0. The lowest BCUT2D eigenvalue weighted by atomic mass is 9.81. The van der Waals surface area contributed by atoms with E-state index in [1.54, 1.807) is 5.57 Å². The summed E-state index contributed by atoms with van der Waals surface area (Å²) in [5.41, 5.74) is 5.80. The molecule has 2 aliphatic heterocycles. The van der Waals surface area contributed by atoms with Crippen molar-refractivity contribution in [1.82, 2.24) is 14.8 Å². The van der Waals surface area contributed by atoms with E-state index in [-0.39, 0.29) is 0 Å². The van der Waals surface area contributed by atoms with Crippen LogP contribution in [0.3, 0.4) is 0 Å². The molecule has 0 amide bonds.